The van der Waals surface area contributed by atoms with Crippen molar-refractivity contribution in [1.29, 1.82) is 0 Å². The van der Waals surface area contributed by atoms with Gasteiger partial charge in [0, 0.05) is 30.6 Å². The van der Waals surface area contributed by atoms with Crippen molar-refractivity contribution in [1.82, 2.24) is 14.5 Å². The number of rotatable bonds is 7. The third-order valence-electron chi connectivity index (χ3n) is 5.60. The van der Waals surface area contributed by atoms with Crippen LogP contribution in [0.1, 0.15) is 24.4 Å². The summed E-state index contributed by atoms with van der Waals surface area (Å²) in [6, 6.07) is 12.3. The summed E-state index contributed by atoms with van der Waals surface area (Å²) in [4.78, 5) is 14.8. The molecule has 0 radical (unpaired) electrons. The molecule has 0 aliphatic carbocycles. The number of carbonyl (C=O) groups is 1. The zero-order valence-corrected chi connectivity index (χ0v) is 19.2. The van der Waals surface area contributed by atoms with Crippen LogP contribution in [-0.4, -0.2) is 57.3 Å². The van der Waals surface area contributed by atoms with Gasteiger partial charge in [-0.25, -0.2) is 12.8 Å². The minimum absolute atomic E-state index is 0.105. The molecule has 1 unspecified atom stereocenters. The first-order valence-corrected chi connectivity index (χ1v) is 12.0. The van der Waals surface area contributed by atoms with Gasteiger partial charge in [-0.1, -0.05) is 23.7 Å². The largest absolute Gasteiger partial charge is 0.354 e. The van der Waals surface area contributed by atoms with Crippen LogP contribution in [0.4, 0.5) is 4.39 Å². The lowest BCUT2D eigenvalue weighted by molar-refractivity contribution is -0.126. The van der Waals surface area contributed by atoms with Gasteiger partial charge >= 0.3 is 0 Å². The number of carbonyl (C=O) groups excluding carboxylic acids is 1. The first kappa shape index (κ1) is 23.7. The summed E-state index contributed by atoms with van der Waals surface area (Å²) in [7, 11) is 0.149. The van der Waals surface area contributed by atoms with Crippen LogP contribution in [0, 0.1) is 11.7 Å². The molecule has 9 heteroatoms. The summed E-state index contributed by atoms with van der Waals surface area (Å²) in [6.07, 6.45) is 0.899. The van der Waals surface area contributed by atoms with Crippen molar-refractivity contribution in [2.45, 2.75) is 23.8 Å². The molecule has 6 nitrogen and oxygen atoms in total. The first-order valence-electron chi connectivity index (χ1n) is 10.1. The lowest BCUT2D eigenvalue weighted by Gasteiger charge is -2.31. The van der Waals surface area contributed by atoms with Gasteiger partial charge in [0.1, 0.15) is 5.82 Å². The number of piperidine rings is 1. The minimum Gasteiger partial charge on any atom is -0.354 e. The summed E-state index contributed by atoms with van der Waals surface area (Å²) in [6.45, 7) is 0.909. The van der Waals surface area contributed by atoms with E-state index in [0.717, 1.165) is 5.56 Å². The molecule has 1 N–H and O–H groups in total. The number of nitrogens with zero attached hydrogens (tertiary/aromatic N) is 2. The Morgan fingerprint density at radius 3 is 2.42 bits per heavy atom. The fourth-order valence-electron chi connectivity index (χ4n) is 3.77. The molecule has 0 aromatic heterocycles. The van der Waals surface area contributed by atoms with E-state index in [1.54, 1.807) is 18.2 Å². The number of amides is 1. The zero-order chi connectivity index (χ0) is 22.6. The van der Waals surface area contributed by atoms with Crippen LogP contribution < -0.4 is 5.32 Å². The number of nitrogens with one attached hydrogen (secondary N) is 1. The number of hydrogen-bond donors (Lipinski definition) is 1. The van der Waals surface area contributed by atoms with Gasteiger partial charge < -0.3 is 10.2 Å². The van der Waals surface area contributed by atoms with Crippen molar-refractivity contribution in [2.75, 3.05) is 33.7 Å². The average molecular weight is 468 g/mol. The van der Waals surface area contributed by atoms with Crippen LogP contribution in [0.25, 0.3) is 0 Å². The van der Waals surface area contributed by atoms with Gasteiger partial charge in [0.05, 0.1) is 10.9 Å². The third-order valence-corrected chi connectivity index (χ3v) is 7.77. The maximum atomic E-state index is 13.6. The molecule has 1 heterocycles. The van der Waals surface area contributed by atoms with Crippen LogP contribution in [0.3, 0.4) is 0 Å². The van der Waals surface area contributed by atoms with Crippen molar-refractivity contribution in [3.63, 3.8) is 0 Å². The number of halogens is 2. The molecule has 1 fully saturated rings. The fourth-order valence-corrected chi connectivity index (χ4v) is 5.36. The molecular weight excluding hydrogens is 441 g/mol. The molecule has 1 aliphatic rings. The van der Waals surface area contributed by atoms with Crippen molar-refractivity contribution < 1.29 is 17.6 Å². The molecule has 168 valence electrons. The maximum absolute atomic E-state index is 13.6. The highest BCUT2D eigenvalue weighted by Gasteiger charge is 2.32. The molecule has 3 rings (SSSR count). The predicted molar refractivity (Wildman–Crippen MR) is 119 cm³/mol. The molecule has 0 bridgehead atoms. The van der Waals surface area contributed by atoms with Crippen LogP contribution in [0.15, 0.2) is 53.4 Å². The summed E-state index contributed by atoms with van der Waals surface area (Å²) in [5.41, 5.74) is 0.786. The lowest BCUT2D eigenvalue weighted by atomic mass is 9.97. The fraction of sp³-hybridized carbons (Fsp3) is 0.409. The van der Waals surface area contributed by atoms with E-state index in [1.807, 2.05) is 25.1 Å². The molecule has 2 aromatic rings. The Labute approximate surface area is 188 Å². The van der Waals surface area contributed by atoms with Gasteiger partial charge in [0.2, 0.25) is 15.9 Å². The summed E-state index contributed by atoms with van der Waals surface area (Å²) >= 11 is 5.85. The standard InChI is InChI=1S/C22H27ClFN3O3S/c1-26(2)21(17-4-3-5-19(24)14-17)15-25-22(28)16-10-12-27(13-11-16)31(29,30)20-8-6-18(23)7-9-20/h3-9,14,16,21H,10-13,15H2,1-2H3,(H,25,28). The predicted octanol–water partition coefficient (Wildman–Crippen LogP) is 3.30. The van der Waals surface area contributed by atoms with Crippen molar-refractivity contribution >= 4 is 27.5 Å². The molecule has 0 spiro atoms. The smallest absolute Gasteiger partial charge is 0.243 e. The summed E-state index contributed by atoms with van der Waals surface area (Å²) in [5, 5.41) is 3.43. The molecule has 0 saturated carbocycles. The SMILES string of the molecule is CN(C)C(CNC(=O)C1CCN(S(=O)(=O)c2ccc(Cl)cc2)CC1)c1cccc(F)c1. The highest BCUT2D eigenvalue weighted by atomic mass is 35.5. The van der Waals surface area contributed by atoms with E-state index < -0.39 is 10.0 Å². The Kier molecular flexibility index (Phi) is 7.69. The molecule has 1 aliphatic heterocycles. The number of sulfonamides is 1. The Morgan fingerprint density at radius 1 is 1.19 bits per heavy atom. The van der Waals surface area contributed by atoms with E-state index in [9.17, 15) is 17.6 Å². The normalized spacial score (nSPS) is 16.9. The number of benzene rings is 2. The van der Waals surface area contributed by atoms with Crippen LogP contribution in [0.5, 0.6) is 0 Å². The minimum atomic E-state index is -3.60. The zero-order valence-electron chi connectivity index (χ0n) is 17.6. The maximum Gasteiger partial charge on any atom is 0.243 e. The molecule has 31 heavy (non-hydrogen) atoms. The number of hydrogen-bond acceptors (Lipinski definition) is 4. The van der Waals surface area contributed by atoms with Crippen molar-refractivity contribution in [3.05, 3.63) is 64.9 Å². The first-order chi connectivity index (χ1) is 14.7. The van der Waals surface area contributed by atoms with E-state index in [1.165, 1.54) is 28.6 Å². The summed E-state index contributed by atoms with van der Waals surface area (Å²) in [5.74, 6) is -0.677. The van der Waals surface area contributed by atoms with Gasteiger partial charge in [0.15, 0.2) is 0 Å². The van der Waals surface area contributed by atoms with Gasteiger partial charge in [0.25, 0.3) is 0 Å². The Morgan fingerprint density at radius 2 is 1.84 bits per heavy atom. The van der Waals surface area contributed by atoms with E-state index in [2.05, 4.69) is 5.32 Å². The lowest BCUT2D eigenvalue weighted by Crippen LogP contribution is -2.44. The molecule has 2 aromatic carbocycles. The Hall–Kier alpha value is -2.00. The van der Waals surface area contributed by atoms with E-state index in [4.69, 9.17) is 11.6 Å². The number of likely N-dealkylation sites (N-methyl/N-ethyl adjacent to an activating group) is 1. The van der Waals surface area contributed by atoms with E-state index >= 15 is 0 Å². The second-order valence-corrected chi connectivity index (χ2v) is 10.3. The van der Waals surface area contributed by atoms with Crippen molar-refractivity contribution in [3.8, 4) is 0 Å². The van der Waals surface area contributed by atoms with Gasteiger partial charge in [-0.3, -0.25) is 4.79 Å². The molecule has 1 atom stereocenters. The van der Waals surface area contributed by atoms with E-state index in [-0.39, 0.29) is 41.7 Å². The molecule has 1 saturated heterocycles. The molecule has 1 amide bonds. The second-order valence-electron chi connectivity index (χ2n) is 7.91. The van der Waals surface area contributed by atoms with Crippen LogP contribution >= 0.6 is 11.6 Å². The highest BCUT2D eigenvalue weighted by Crippen LogP contribution is 2.25. The van der Waals surface area contributed by atoms with Gasteiger partial charge in [-0.15, -0.1) is 0 Å². The Balaban J connectivity index is 1.56. The Bertz CT molecular complexity index is 1010. The topological polar surface area (TPSA) is 69.7 Å². The van der Waals surface area contributed by atoms with E-state index in [0.29, 0.717) is 24.4 Å². The molecular formula is C22H27ClFN3O3S. The quantitative estimate of drug-likeness (QED) is 0.678. The van der Waals surface area contributed by atoms with Gasteiger partial charge in [-0.05, 0) is 68.9 Å². The van der Waals surface area contributed by atoms with Gasteiger partial charge in [-0.2, -0.15) is 4.31 Å². The summed E-state index contributed by atoms with van der Waals surface area (Å²) < 4.78 is 40.6. The third kappa shape index (κ3) is 5.83. The van der Waals surface area contributed by atoms with Crippen LogP contribution in [0.2, 0.25) is 5.02 Å². The average Bonchev–Trinajstić information content (AvgIpc) is 2.74. The second kappa shape index (κ2) is 10.1. The highest BCUT2D eigenvalue weighted by molar-refractivity contribution is 7.89. The van der Waals surface area contributed by atoms with Crippen LogP contribution in [-0.2, 0) is 14.8 Å². The monoisotopic (exact) mass is 467 g/mol. The van der Waals surface area contributed by atoms with Crippen molar-refractivity contribution in [2.24, 2.45) is 5.92 Å².